The first kappa shape index (κ1) is 22.2. The second-order valence-electron chi connectivity index (χ2n) is 7.88. The van der Waals surface area contributed by atoms with Crippen molar-refractivity contribution in [3.63, 3.8) is 0 Å². The van der Waals surface area contributed by atoms with Crippen molar-refractivity contribution in [2.24, 2.45) is 5.92 Å². The molecule has 7 nitrogen and oxygen atoms in total. The van der Waals surface area contributed by atoms with Crippen molar-refractivity contribution in [2.45, 2.75) is 19.9 Å². The fraction of sp³-hybridized carbons (Fsp3) is 0.333. The lowest BCUT2D eigenvalue weighted by atomic mass is 9.91. The minimum Gasteiger partial charge on any atom is -0.503 e. The molecule has 2 aromatic carbocycles. The van der Waals surface area contributed by atoms with E-state index in [2.05, 4.69) is 0 Å². The van der Waals surface area contributed by atoms with E-state index in [4.69, 9.17) is 9.47 Å². The first-order chi connectivity index (χ1) is 14.7. The molecule has 1 aliphatic rings. The van der Waals surface area contributed by atoms with E-state index in [1.807, 2.05) is 43.3 Å². The van der Waals surface area contributed by atoms with Gasteiger partial charge in [0.15, 0.2) is 23.0 Å². The molecule has 3 rings (SSSR count). The number of ketones is 1. The summed E-state index contributed by atoms with van der Waals surface area (Å²) in [6.45, 7) is 3.50. The Kier molecular flexibility index (Phi) is 6.24. The minimum atomic E-state index is -0.753. The minimum absolute atomic E-state index is 0.104. The molecule has 164 valence electrons. The Bertz CT molecular complexity index is 1020. The molecule has 0 fully saturated rings. The number of benzene rings is 2. The highest BCUT2D eigenvalue weighted by molar-refractivity contribution is 6.17. The molecule has 1 aliphatic heterocycles. The van der Waals surface area contributed by atoms with Gasteiger partial charge in [0, 0.05) is 37.5 Å². The van der Waals surface area contributed by atoms with Gasteiger partial charge in [-0.15, -0.1) is 0 Å². The van der Waals surface area contributed by atoms with E-state index >= 15 is 0 Å². The quantitative estimate of drug-likeness (QED) is 0.726. The highest BCUT2D eigenvalue weighted by atomic mass is 16.5. The van der Waals surface area contributed by atoms with E-state index in [0.717, 1.165) is 11.3 Å². The molecule has 1 N–H and O–H groups in total. The maximum absolute atomic E-state index is 13.1. The molecule has 2 aromatic rings. The molecule has 1 amide bonds. The van der Waals surface area contributed by atoms with Crippen LogP contribution >= 0.6 is 0 Å². The van der Waals surface area contributed by atoms with Gasteiger partial charge in [0.25, 0.3) is 5.91 Å². The summed E-state index contributed by atoms with van der Waals surface area (Å²) in [5.74, 6) is -0.833. The van der Waals surface area contributed by atoms with Gasteiger partial charge in [0.05, 0.1) is 25.8 Å². The van der Waals surface area contributed by atoms with Crippen LogP contribution in [-0.2, 0) is 9.59 Å². The van der Waals surface area contributed by atoms with Gasteiger partial charge in [-0.1, -0.05) is 26.0 Å². The number of rotatable bonds is 7. The predicted octanol–water partition coefficient (Wildman–Crippen LogP) is 3.89. The van der Waals surface area contributed by atoms with Crippen LogP contribution in [0.2, 0.25) is 0 Å². The van der Waals surface area contributed by atoms with Gasteiger partial charge in [-0.25, -0.2) is 0 Å². The number of Topliss-reactive ketones (excluding diaryl/α,β-unsaturated/α-hetero) is 1. The van der Waals surface area contributed by atoms with Crippen LogP contribution in [0, 0.1) is 5.92 Å². The lowest BCUT2D eigenvalue weighted by Gasteiger charge is -2.28. The molecule has 0 radical (unpaired) electrons. The second-order valence-corrected chi connectivity index (χ2v) is 7.88. The zero-order valence-corrected chi connectivity index (χ0v) is 18.7. The van der Waals surface area contributed by atoms with Gasteiger partial charge >= 0.3 is 0 Å². The Hall–Kier alpha value is -3.48. The van der Waals surface area contributed by atoms with Crippen molar-refractivity contribution < 1.29 is 24.2 Å². The number of anilines is 2. The molecule has 0 aromatic heterocycles. The third-order valence-electron chi connectivity index (χ3n) is 5.37. The molecular formula is C24H28N2O5. The number of hydrogen-bond donors (Lipinski definition) is 1. The fourth-order valence-corrected chi connectivity index (χ4v) is 3.68. The number of aliphatic hydroxyl groups excluding tert-OH is 1. The Morgan fingerprint density at radius 2 is 1.65 bits per heavy atom. The van der Waals surface area contributed by atoms with E-state index in [9.17, 15) is 14.7 Å². The molecule has 1 unspecified atom stereocenters. The maximum Gasteiger partial charge on any atom is 0.294 e. The van der Waals surface area contributed by atoms with Crippen LogP contribution in [0.4, 0.5) is 11.4 Å². The van der Waals surface area contributed by atoms with Crippen molar-refractivity contribution in [3.05, 3.63) is 59.4 Å². The SMILES string of the molecule is COc1ccc(N2C(=O)C(O)=C(C(=O)C(C)C)C2c2ccc(N(C)C)cc2)cc1OC. The third-order valence-corrected chi connectivity index (χ3v) is 5.37. The van der Waals surface area contributed by atoms with E-state index in [1.54, 1.807) is 32.0 Å². The number of carbonyl (C=O) groups excluding carboxylic acids is 2. The van der Waals surface area contributed by atoms with Crippen molar-refractivity contribution >= 4 is 23.1 Å². The average molecular weight is 424 g/mol. The van der Waals surface area contributed by atoms with Crippen LogP contribution < -0.4 is 19.3 Å². The predicted molar refractivity (Wildman–Crippen MR) is 120 cm³/mol. The summed E-state index contributed by atoms with van der Waals surface area (Å²) < 4.78 is 10.7. The van der Waals surface area contributed by atoms with Gasteiger partial charge in [-0.3, -0.25) is 14.5 Å². The lowest BCUT2D eigenvalue weighted by molar-refractivity contribution is -0.119. The number of nitrogens with zero attached hydrogens (tertiary/aromatic N) is 2. The third kappa shape index (κ3) is 3.95. The topological polar surface area (TPSA) is 79.3 Å². The Morgan fingerprint density at radius 3 is 2.16 bits per heavy atom. The maximum atomic E-state index is 13.1. The van der Waals surface area contributed by atoms with Crippen LogP contribution in [0.25, 0.3) is 0 Å². The Labute approximate surface area is 182 Å². The van der Waals surface area contributed by atoms with Crippen molar-refractivity contribution in [3.8, 4) is 11.5 Å². The summed E-state index contributed by atoms with van der Waals surface area (Å²) in [4.78, 5) is 29.5. The molecule has 0 spiro atoms. The Balaban J connectivity index is 2.17. The van der Waals surface area contributed by atoms with Gasteiger partial charge < -0.3 is 19.5 Å². The number of amides is 1. The molecular weight excluding hydrogens is 396 g/mol. The summed E-state index contributed by atoms with van der Waals surface area (Å²) >= 11 is 0. The summed E-state index contributed by atoms with van der Waals surface area (Å²) in [7, 11) is 6.90. The Morgan fingerprint density at radius 1 is 1.03 bits per heavy atom. The fourth-order valence-electron chi connectivity index (χ4n) is 3.68. The summed E-state index contributed by atoms with van der Waals surface area (Å²) in [5, 5.41) is 10.7. The highest BCUT2D eigenvalue weighted by Gasteiger charge is 2.45. The molecule has 1 heterocycles. The monoisotopic (exact) mass is 424 g/mol. The molecule has 0 bridgehead atoms. The number of aliphatic hydroxyl groups is 1. The van der Waals surface area contributed by atoms with E-state index in [0.29, 0.717) is 17.2 Å². The van der Waals surface area contributed by atoms with Crippen molar-refractivity contribution in [1.82, 2.24) is 0 Å². The summed E-state index contributed by atoms with van der Waals surface area (Å²) in [5.41, 5.74) is 2.30. The smallest absolute Gasteiger partial charge is 0.294 e. The van der Waals surface area contributed by atoms with Gasteiger partial charge in [0.2, 0.25) is 0 Å². The van der Waals surface area contributed by atoms with Crippen molar-refractivity contribution in [2.75, 3.05) is 38.1 Å². The normalized spacial score (nSPS) is 16.2. The van der Waals surface area contributed by atoms with Crippen LogP contribution in [0.5, 0.6) is 11.5 Å². The van der Waals surface area contributed by atoms with Crippen LogP contribution in [0.1, 0.15) is 25.5 Å². The molecule has 7 heteroatoms. The van der Waals surface area contributed by atoms with Crippen molar-refractivity contribution in [1.29, 1.82) is 0 Å². The standard InChI is InChI=1S/C24H28N2O5/c1-14(2)22(27)20-21(15-7-9-16(10-8-15)25(3)4)26(24(29)23(20)28)17-11-12-18(30-5)19(13-17)31-6/h7-14,21,28H,1-6H3. The number of carbonyl (C=O) groups is 2. The molecule has 31 heavy (non-hydrogen) atoms. The van der Waals surface area contributed by atoms with Crippen LogP contribution in [0.3, 0.4) is 0 Å². The van der Waals surface area contributed by atoms with E-state index in [1.165, 1.54) is 19.1 Å². The molecule has 0 aliphatic carbocycles. The first-order valence-electron chi connectivity index (χ1n) is 10.0. The van der Waals surface area contributed by atoms with Gasteiger partial charge in [-0.05, 0) is 29.8 Å². The van der Waals surface area contributed by atoms with Gasteiger partial charge in [-0.2, -0.15) is 0 Å². The van der Waals surface area contributed by atoms with Crippen LogP contribution in [-0.4, -0.2) is 45.1 Å². The summed E-state index contributed by atoms with van der Waals surface area (Å²) in [6.07, 6.45) is 0. The first-order valence-corrected chi connectivity index (χ1v) is 10.0. The molecule has 0 saturated heterocycles. The zero-order chi connectivity index (χ0) is 22.9. The second kappa shape index (κ2) is 8.71. The van der Waals surface area contributed by atoms with E-state index < -0.39 is 17.7 Å². The lowest BCUT2D eigenvalue weighted by Crippen LogP contribution is -2.31. The summed E-state index contributed by atoms with van der Waals surface area (Å²) in [6, 6.07) is 11.9. The van der Waals surface area contributed by atoms with E-state index in [-0.39, 0.29) is 17.3 Å². The largest absolute Gasteiger partial charge is 0.503 e. The molecule has 0 saturated carbocycles. The average Bonchev–Trinajstić information content (AvgIpc) is 3.03. The number of ether oxygens (including phenoxy) is 2. The van der Waals surface area contributed by atoms with Gasteiger partial charge in [0.1, 0.15) is 0 Å². The zero-order valence-electron chi connectivity index (χ0n) is 18.7. The highest BCUT2D eigenvalue weighted by Crippen LogP contribution is 2.44. The number of hydrogen-bond acceptors (Lipinski definition) is 6. The van der Waals surface area contributed by atoms with Crippen LogP contribution in [0.15, 0.2) is 53.8 Å². The molecule has 1 atom stereocenters. The number of methoxy groups -OCH3 is 2.